The molecule has 2 heterocycles. The van der Waals surface area contributed by atoms with Crippen LogP contribution in [0.2, 0.25) is 0 Å². The molecule has 134 valence electrons. The molecule has 0 aromatic heterocycles. The minimum absolute atomic E-state index is 0.0156. The molecule has 1 N–H and O–H groups in total. The van der Waals surface area contributed by atoms with Gasteiger partial charge in [0.05, 0.1) is 6.54 Å². The van der Waals surface area contributed by atoms with Crippen molar-refractivity contribution in [2.24, 2.45) is 10.4 Å². The van der Waals surface area contributed by atoms with E-state index in [0.717, 1.165) is 18.9 Å². The van der Waals surface area contributed by atoms with E-state index in [1.165, 1.54) is 4.90 Å². The van der Waals surface area contributed by atoms with Crippen LogP contribution in [0, 0.1) is 5.41 Å². The Kier molecular flexibility index (Phi) is 4.91. The van der Waals surface area contributed by atoms with E-state index in [0.29, 0.717) is 19.6 Å². The number of alkyl halides is 3. The molecule has 2 aliphatic rings. The molecular formula is C16H29F3N4. The van der Waals surface area contributed by atoms with Crippen LogP contribution in [-0.4, -0.2) is 66.2 Å². The summed E-state index contributed by atoms with van der Waals surface area (Å²) in [5.41, 5.74) is 0.180. The lowest BCUT2D eigenvalue weighted by molar-refractivity contribution is -0.143. The van der Waals surface area contributed by atoms with Gasteiger partial charge in [0, 0.05) is 43.2 Å². The maximum absolute atomic E-state index is 12.5. The first-order valence-electron chi connectivity index (χ1n) is 8.34. The Morgan fingerprint density at radius 2 is 1.91 bits per heavy atom. The fourth-order valence-corrected chi connectivity index (χ4v) is 3.29. The molecule has 0 spiro atoms. The Hall–Kier alpha value is -0.980. The van der Waals surface area contributed by atoms with Gasteiger partial charge in [-0.15, -0.1) is 0 Å². The Morgan fingerprint density at radius 1 is 1.26 bits per heavy atom. The Balaban J connectivity index is 1.96. The van der Waals surface area contributed by atoms with Gasteiger partial charge in [0.2, 0.25) is 0 Å². The van der Waals surface area contributed by atoms with Gasteiger partial charge in [0.25, 0.3) is 0 Å². The number of likely N-dealkylation sites (tertiary alicyclic amines) is 2. The third-order valence-electron chi connectivity index (χ3n) is 5.46. The van der Waals surface area contributed by atoms with Gasteiger partial charge in [-0.2, -0.15) is 13.2 Å². The number of halogens is 3. The number of hydrogen-bond donors (Lipinski definition) is 1. The van der Waals surface area contributed by atoms with E-state index in [1.54, 1.807) is 0 Å². The van der Waals surface area contributed by atoms with E-state index >= 15 is 0 Å². The third-order valence-corrected chi connectivity index (χ3v) is 5.46. The summed E-state index contributed by atoms with van der Waals surface area (Å²) in [5.74, 6) is 0.829. The molecular weight excluding hydrogens is 305 g/mol. The van der Waals surface area contributed by atoms with E-state index in [9.17, 15) is 13.2 Å². The maximum Gasteiger partial charge on any atom is 0.401 e. The number of nitrogens with zero attached hydrogens (tertiary/aromatic N) is 3. The van der Waals surface area contributed by atoms with Crippen LogP contribution in [0.4, 0.5) is 13.2 Å². The summed E-state index contributed by atoms with van der Waals surface area (Å²) >= 11 is 0. The van der Waals surface area contributed by atoms with E-state index in [1.807, 2.05) is 6.92 Å². The highest BCUT2D eigenvalue weighted by atomic mass is 19.4. The highest BCUT2D eigenvalue weighted by molar-refractivity contribution is 5.82. The highest BCUT2D eigenvalue weighted by Gasteiger charge is 2.54. The van der Waals surface area contributed by atoms with Crippen molar-refractivity contribution in [3.8, 4) is 0 Å². The van der Waals surface area contributed by atoms with Crippen LogP contribution in [0.5, 0.6) is 0 Å². The molecule has 0 amide bonds. The molecule has 0 aromatic rings. The molecule has 0 saturated carbocycles. The average molecular weight is 334 g/mol. The smallest absolute Gasteiger partial charge is 0.352 e. The molecule has 0 radical (unpaired) electrons. The highest BCUT2D eigenvalue weighted by Crippen LogP contribution is 2.46. The van der Waals surface area contributed by atoms with Crippen molar-refractivity contribution in [3.63, 3.8) is 0 Å². The van der Waals surface area contributed by atoms with Gasteiger partial charge in [-0.1, -0.05) is 13.8 Å². The largest absolute Gasteiger partial charge is 0.401 e. The van der Waals surface area contributed by atoms with Gasteiger partial charge >= 0.3 is 6.18 Å². The maximum atomic E-state index is 12.5. The molecule has 1 unspecified atom stereocenters. The zero-order valence-corrected chi connectivity index (χ0v) is 14.8. The van der Waals surface area contributed by atoms with Crippen LogP contribution in [0.1, 0.15) is 41.0 Å². The standard InChI is InChI=1S/C16H29F3N4/c1-6-20-13(23-10-14(2,3)15(23,4)5)21-12-7-8-22(9-12)11-16(17,18)19/h12H,6-11H2,1-5H3,(H,20,21). The summed E-state index contributed by atoms with van der Waals surface area (Å²) in [5, 5.41) is 3.39. The van der Waals surface area contributed by atoms with E-state index in [-0.39, 0.29) is 17.0 Å². The summed E-state index contributed by atoms with van der Waals surface area (Å²) in [6, 6.07) is 0.0298. The topological polar surface area (TPSA) is 30.9 Å². The predicted octanol–water partition coefficient (Wildman–Crippen LogP) is 2.71. The zero-order chi connectivity index (χ0) is 17.5. The van der Waals surface area contributed by atoms with Gasteiger partial charge in [-0.25, -0.2) is 0 Å². The number of hydrogen-bond acceptors (Lipinski definition) is 2. The van der Waals surface area contributed by atoms with Gasteiger partial charge in [0.1, 0.15) is 0 Å². The number of aliphatic imine (C=N–C) groups is 1. The fourth-order valence-electron chi connectivity index (χ4n) is 3.29. The predicted molar refractivity (Wildman–Crippen MR) is 86.6 cm³/mol. The summed E-state index contributed by atoms with van der Waals surface area (Å²) in [4.78, 5) is 8.26. The minimum Gasteiger partial charge on any atom is -0.352 e. The first kappa shape index (κ1) is 18.4. The van der Waals surface area contributed by atoms with Gasteiger partial charge < -0.3 is 10.2 Å². The second-order valence-electron chi connectivity index (χ2n) is 7.81. The van der Waals surface area contributed by atoms with Crippen LogP contribution >= 0.6 is 0 Å². The van der Waals surface area contributed by atoms with Gasteiger partial charge in [0.15, 0.2) is 5.96 Å². The number of nitrogens with one attached hydrogen (secondary N) is 1. The molecule has 0 bridgehead atoms. The monoisotopic (exact) mass is 334 g/mol. The fraction of sp³-hybridized carbons (Fsp3) is 0.938. The molecule has 2 saturated heterocycles. The number of rotatable bonds is 3. The van der Waals surface area contributed by atoms with Crippen LogP contribution in [0.3, 0.4) is 0 Å². The summed E-state index contributed by atoms with van der Waals surface area (Å²) in [7, 11) is 0. The molecule has 0 aromatic carbocycles. The molecule has 23 heavy (non-hydrogen) atoms. The normalized spacial score (nSPS) is 27.9. The zero-order valence-electron chi connectivity index (χ0n) is 14.8. The molecule has 2 rings (SSSR count). The SMILES string of the molecule is CCN=C(NC1CCN(CC(F)(F)F)C1)N1CC(C)(C)C1(C)C. The van der Waals surface area contributed by atoms with Crippen molar-refractivity contribution in [1.29, 1.82) is 0 Å². The van der Waals surface area contributed by atoms with Crippen molar-refractivity contribution in [3.05, 3.63) is 0 Å². The third kappa shape index (κ3) is 3.92. The van der Waals surface area contributed by atoms with Crippen molar-refractivity contribution in [2.45, 2.75) is 58.8 Å². The first-order valence-corrected chi connectivity index (χ1v) is 8.34. The second-order valence-corrected chi connectivity index (χ2v) is 7.81. The summed E-state index contributed by atoms with van der Waals surface area (Å²) in [6.45, 7) is 12.5. The Labute approximate surface area is 137 Å². The Bertz CT molecular complexity index is 457. The molecule has 4 nitrogen and oxygen atoms in total. The van der Waals surface area contributed by atoms with Gasteiger partial charge in [-0.05, 0) is 27.2 Å². The van der Waals surface area contributed by atoms with Gasteiger partial charge in [-0.3, -0.25) is 9.89 Å². The van der Waals surface area contributed by atoms with Crippen LogP contribution in [0.25, 0.3) is 0 Å². The van der Waals surface area contributed by atoms with Crippen molar-refractivity contribution >= 4 is 5.96 Å². The van der Waals surface area contributed by atoms with E-state index in [2.05, 4.69) is 42.9 Å². The lowest BCUT2D eigenvalue weighted by atomic mass is 9.65. The summed E-state index contributed by atoms with van der Waals surface area (Å²) in [6.07, 6.45) is -3.41. The quantitative estimate of drug-likeness (QED) is 0.636. The lowest BCUT2D eigenvalue weighted by Gasteiger charge is -2.62. The van der Waals surface area contributed by atoms with Crippen LogP contribution < -0.4 is 5.32 Å². The average Bonchev–Trinajstić information content (AvgIpc) is 2.80. The summed E-state index contributed by atoms with van der Waals surface area (Å²) < 4.78 is 37.5. The van der Waals surface area contributed by atoms with E-state index in [4.69, 9.17) is 0 Å². The van der Waals surface area contributed by atoms with E-state index < -0.39 is 12.7 Å². The minimum atomic E-state index is -4.13. The second kappa shape index (κ2) is 6.15. The molecule has 2 fully saturated rings. The molecule has 0 aliphatic carbocycles. The first-order chi connectivity index (χ1) is 10.5. The lowest BCUT2D eigenvalue weighted by Crippen LogP contribution is -2.73. The van der Waals surface area contributed by atoms with Crippen molar-refractivity contribution in [2.75, 3.05) is 32.7 Å². The Morgan fingerprint density at radius 3 is 2.39 bits per heavy atom. The van der Waals surface area contributed by atoms with Crippen molar-refractivity contribution in [1.82, 2.24) is 15.1 Å². The van der Waals surface area contributed by atoms with Crippen LogP contribution in [-0.2, 0) is 0 Å². The van der Waals surface area contributed by atoms with Crippen molar-refractivity contribution < 1.29 is 13.2 Å². The molecule has 2 aliphatic heterocycles. The molecule has 1 atom stereocenters. The van der Waals surface area contributed by atoms with Crippen LogP contribution in [0.15, 0.2) is 4.99 Å². The number of guanidine groups is 1. The molecule has 7 heteroatoms.